The number of sulfone groups is 1. The predicted octanol–water partition coefficient (Wildman–Crippen LogP) is 4.78. The zero-order valence-corrected chi connectivity index (χ0v) is 13.8. The maximum absolute atomic E-state index is 12.8. The molecular formula is C16H22O2S2. The first-order chi connectivity index (χ1) is 9.61. The number of unbranched alkanes of at least 4 members (excludes halogenated alkanes) is 1. The third-order valence-electron chi connectivity index (χ3n) is 3.47. The molecule has 1 aromatic carbocycles. The summed E-state index contributed by atoms with van der Waals surface area (Å²) in [6.45, 7) is 4.24. The predicted molar refractivity (Wildman–Crippen MR) is 86.5 cm³/mol. The van der Waals surface area contributed by atoms with Crippen molar-refractivity contribution in [2.75, 3.05) is 0 Å². The van der Waals surface area contributed by atoms with Gasteiger partial charge in [0.05, 0.1) is 9.80 Å². The molecule has 0 N–H and O–H groups in total. The summed E-state index contributed by atoms with van der Waals surface area (Å²) in [6, 6.07) is 8.83. The Morgan fingerprint density at radius 1 is 1.15 bits per heavy atom. The summed E-state index contributed by atoms with van der Waals surface area (Å²) < 4.78 is 25.6. The number of rotatable bonds is 7. The Kier molecular flexibility index (Phi) is 5.33. The van der Waals surface area contributed by atoms with E-state index in [0.717, 1.165) is 30.6 Å². The van der Waals surface area contributed by atoms with Crippen molar-refractivity contribution in [1.82, 2.24) is 0 Å². The molecule has 1 fully saturated rings. The van der Waals surface area contributed by atoms with Gasteiger partial charge in [0.1, 0.15) is 0 Å². The lowest BCUT2D eigenvalue weighted by Gasteiger charge is -2.08. The number of hydrogen-bond acceptors (Lipinski definition) is 3. The lowest BCUT2D eigenvalue weighted by Crippen LogP contribution is -2.06. The van der Waals surface area contributed by atoms with Gasteiger partial charge < -0.3 is 0 Å². The molecule has 1 aliphatic rings. The fourth-order valence-corrected chi connectivity index (χ4v) is 5.54. The quantitative estimate of drug-likeness (QED) is 0.680. The summed E-state index contributed by atoms with van der Waals surface area (Å²) in [6.07, 6.45) is 4.82. The number of hydrogen-bond donors (Lipinski definition) is 0. The van der Waals surface area contributed by atoms with Crippen LogP contribution in [0.2, 0.25) is 0 Å². The van der Waals surface area contributed by atoms with E-state index in [1.54, 1.807) is 36.0 Å². The van der Waals surface area contributed by atoms with E-state index < -0.39 is 9.84 Å². The van der Waals surface area contributed by atoms with Crippen LogP contribution in [0.1, 0.15) is 46.0 Å². The first-order valence-electron chi connectivity index (χ1n) is 7.31. The molecular weight excluding hydrogens is 288 g/mol. The van der Waals surface area contributed by atoms with Crippen LogP contribution in [-0.4, -0.2) is 13.7 Å². The minimum Gasteiger partial charge on any atom is -0.219 e. The lowest BCUT2D eigenvalue weighted by molar-refractivity contribution is 0.598. The largest absolute Gasteiger partial charge is 0.219 e. The van der Waals surface area contributed by atoms with Gasteiger partial charge in [-0.15, -0.1) is 11.8 Å². The molecule has 1 heterocycles. The number of allylic oxidation sites excluding steroid dienone is 1. The second-order valence-corrected chi connectivity index (χ2v) is 8.32. The van der Waals surface area contributed by atoms with Crippen molar-refractivity contribution in [1.29, 1.82) is 0 Å². The summed E-state index contributed by atoms with van der Waals surface area (Å²) in [5.74, 6) is 0. The highest BCUT2D eigenvalue weighted by molar-refractivity contribution is 8.12. The Labute approximate surface area is 126 Å². The molecule has 1 aliphatic heterocycles. The Morgan fingerprint density at radius 2 is 1.85 bits per heavy atom. The fourth-order valence-electron chi connectivity index (χ4n) is 2.29. The maximum Gasteiger partial charge on any atom is 0.203 e. The molecule has 2 rings (SSSR count). The average Bonchev–Trinajstić information content (AvgIpc) is 3.19. The Bertz CT molecular complexity index is 574. The normalized spacial score (nSPS) is 20.8. The highest BCUT2D eigenvalue weighted by Gasteiger charge is 2.38. The lowest BCUT2D eigenvalue weighted by atomic mass is 10.2. The molecule has 0 amide bonds. The van der Waals surface area contributed by atoms with Gasteiger partial charge >= 0.3 is 0 Å². The molecule has 0 bridgehead atoms. The molecule has 20 heavy (non-hydrogen) atoms. The highest BCUT2D eigenvalue weighted by Crippen LogP contribution is 2.53. The van der Waals surface area contributed by atoms with Crippen LogP contribution in [0, 0.1) is 0 Å². The standard InChI is InChI=1S/C16H22O2S2/c1-3-5-12-15(16-14(19-16)9-4-2)20(17,18)13-10-7-6-8-11-13/h6-8,10-11,14H,3-5,9,12H2,1-2H3/b16-15+. The van der Waals surface area contributed by atoms with Gasteiger partial charge in [-0.3, -0.25) is 0 Å². The van der Waals surface area contributed by atoms with E-state index in [9.17, 15) is 8.42 Å². The summed E-state index contributed by atoms with van der Waals surface area (Å²) in [5.41, 5.74) is 0. The van der Waals surface area contributed by atoms with E-state index in [1.165, 1.54) is 0 Å². The summed E-state index contributed by atoms with van der Waals surface area (Å²) in [5, 5.41) is 0.436. The van der Waals surface area contributed by atoms with Crippen LogP contribution in [0.25, 0.3) is 0 Å². The van der Waals surface area contributed by atoms with Crippen molar-refractivity contribution in [3.8, 4) is 0 Å². The maximum atomic E-state index is 12.8. The number of benzene rings is 1. The minimum absolute atomic E-state index is 0.432. The smallest absolute Gasteiger partial charge is 0.203 e. The Balaban J connectivity index is 2.33. The van der Waals surface area contributed by atoms with Crippen LogP contribution in [0.5, 0.6) is 0 Å². The third-order valence-corrected chi connectivity index (χ3v) is 6.85. The van der Waals surface area contributed by atoms with E-state index in [1.807, 2.05) is 6.07 Å². The molecule has 0 saturated carbocycles. The third kappa shape index (κ3) is 3.47. The minimum atomic E-state index is -3.30. The molecule has 0 spiro atoms. The molecule has 0 aliphatic carbocycles. The highest BCUT2D eigenvalue weighted by atomic mass is 32.2. The van der Waals surface area contributed by atoms with Gasteiger partial charge in [-0.25, -0.2) is 8.42 Å². The van der Waals surface area contributed by atoms with Gasteiger partial charge in [-0.2, -0.15) is 0 Å². The first kappa shape index (κ1) is 15.6. The Hall–Kier alpha value is -0.740. The van der Waals surface area contributed by atoms with Gasteiger partial charge in [-0.1, -0.05) is 44.9 Å². The average molecular weight is 310 g/mol. The first-order valence-corrected chi connectivity index (χ1v) is 9.67. The van der Waals surface area contributed by atoms with Crippen molar-refractivity contribution in [2.24, 2.45) is 0 Å². The zero-order chi connectivity index (χ0) is 14.6. The molecule has 1 atom stereocenters. The second kappa shape index (κ2) is 6.81. The van der Waals surface area contributed by atoms with Crippen LogP contribution < -0.4 is 0 Å². The van der Waals surface area contributed by atoms with Crippen molar-refractivity contribution < 1.29 is 8.42 Å². The summed E-state index contributed by atoms with van der Waals surface area (Å²) >= 11 is 1.74. The van der Waals surface area contributed by atoms with E-state index in [2.05, 4.69) is 13.8 Å². The SMILES string of the molecule is CCCC/C(=C1\SC1CCC)S(=O)(=O)c1ccccc1. The van der Waals surface area contributed by atoms with Gasteiger partial charge in [0.2, 0.25) is 9.84 Å². The van der Waals surface area contributed by atoms with Crippen molar-refractivity contribution in [3.63, 3.8) is 0 Å². The van der Waals surface area contributed by atoms with E-state index >= 15 is 0 Å². The molecule has 1 saturated heterocycles. The molecule has 1 unspecified atom stereocenters. The molecule has 2 nitrogen and oxygen atoms in total. The van der Waals surface area contributed by atoms with Gasteiger partial charge in [0.15, 0.2) is 0 Å². The van der Waals surface area contributed by atoms with E-state index in [4.69, 9.17) is 0 Å². The topological polar surface area (TPSA) is 34.1 Å². The monoisotopic (exact) mass is 310 g/mol. The number of thioether (sulfide) groups is 1. The van der Waals surface area contributed by atoms with Crippen LogP contribution in [-0.2, 0) is 9.84 Å². The van der Waals surface area contributed by atoms with Crippen LogP contribution in [0.15, 0.2) is 45.0 Å². The van der Waals surface area contributed by atoms with Crippen molar-refractivity contribution in [3.05, 3.63) is 40.1 Å². The fraction of sp³-hybridized carbons (Fsp3) is 0.500. The van der Waals surface area contributed by atoms with Crippen molar-refractivity contribution >= 4 is 21.6 Å². The van der Waals surface area contributed by atoms with Gasteiger partial charge in [-0.05, 0) is 31.4 Å². The molecule has 0 aromatic heterocycles. The summed E-state index contributed by atoms with van der Waals surface area (Å²) in [7, 11) is -3.30. The van der Waals surface area contributed by atoms with Crippen LogP contribution in [0.3, 0.4) is 0 Å². The van der Waals surface area contributed by atoms with Crippen molar-refractivity contribution in [2.45, 2.75) is 56.1 Å². The molecule has 0 radical (unpaired) electrons. The second-order valence-electron chi connectivity index (χ2n) is 5.10. The Morgan fingerprint density at radius 3 is 2.45 bits per heavy atom. The molecule has 110 valence electrons. The van der Waals surface area contributed by atoms with Crippen LogP contribution >= 0.6 is 11.8 Å². The van der Waals surface area contributed by atoms with E-state index in [-0.39, 0.29) is 0 Å². The molecule has 1 aromatic rings. The van der Waals surface area contributed by atoms with E-state index in [0.29, 0.717) is 21.5 Å². The summed E-state index contributed by atoms with van der Waals surface area (Å²) in [4.78, 5) is 2.22. The van der Waals surface area contributed by atoms with Crippen LogP contribution in [0.4, 0.5) is 0 Å². The van der Waals surface area contributed by atoms with Gasteiger partial charge in [0.25, 0.3) is 0 Å². The molecule has 4 heteroatoms. The zero-order valence-electron chi connectivity index (χ0n) is 12.1. The van der Waals surface area contributed by atoms with Gasteiger partial charge in [0, 0.05) is 10.2 Å².